The van der Waals surface area contributed by atoms with Gasteiger partial charge in [-0.2, -0.15) is 0 Å². The Morgan fingerprint density at radius 1 is 1.56 bits per heavy atom. The fraction of sp³-hybridized carbons (Fsp3) is 0.250. The Morgan fingerprint density at radius 3 is 3.00 bits per heavy atom. The minimum atomic E-state index is -0.0325. The quantitative estimate of drug-likeness (QED) is 0.471. The topological polar surface area (TPSA) is 29.1 Å². The van der Waals surface area contributed by atoms with Crippen molar-refractivity contribution in [3.63, 3.8) is 0 Å². The average molecular weight is 394 g/mol. The third kappa shape index (κ3) is 4.25. The normalized spacial score (nSPS) is 10.7. The molecule has 86 valence electrons. The fourth-order valence-corrected chi connectivity index (χ4v) is 2.12. The van der Waals surface area contributed by atoms with Crippen LogP contribution in [0.15, 0.2) is 34.8 Å². The number of halogens is 2. The Hall–Kier alpha value is -0.360. The SMILES string of the molecule is C/C=C/CCNC(=O)c1cc(I)ccc1Br. The molecule has 1 N–H and O–H groups in total. The minimum absolute atomic E-state index is 0.0325. The van der Waals surface area contributed by atoms with E-state index in [1.165, 1.54) is 0 Å². The van der Waals surface area contributed by atoms with Crippen LogP contribution in [-0.4, -0.2) is 12.5 Å². The summed E-state index contributed by atoms with van der Waals surface area (Å²) in [5, 5.41) is 2.88. The molecule has 1 aromatic carbocycles. The molecule has 16 heavy (non-hydrogen) atoms. The molecule has 1 amide bonds. The second kappa shape index (κ2) is 7.06. The molecule has 4 heteroatoms. The van der Waals surface area contributed by atoms with Crippen molar-refractivity contribution in [3.05, 3.63) is 44.0 Å². The van der Waals surface area contributed by atoms with Crippen molar-refractivity contribution in [3.8, 4) is 0 Å². The molecule has 0 spiro atoms. The van der Waals surface area contributed by atoms with Crippen LogP contribution in [0.4, 0.5) is 0 Å². The van der Waals surface area contributed by atoms with Gasteiger partial charge in [-0.25, -0.2) is 0 Å². The largest absolute Gasteiger partial charge is 0.352 e. The second-order valence-corrected chi connectivity index (χ2v) is 5.34. The molecule has 0 unspecified atom stereocenters. The van der Waals surface area contributed by atoms with Crippen molar-refractivity contribution < 1.29 is 4.79 Å². The standard InChI is InChI=1S/C12H13BrINO/c1-2-3-4-7-15-12(16)10-8-9(14)5-6-11(10)13/h2-3,5-6,8H,4,7H2,1H3,(H,15,16)/b3-2+. The number of hydrogen-bond acceptors (Lipinski definition) is 1. The summed E-state index contributed by atoms with van der Waals surface area (Å²) in [5.41, 5.74) is 0.687. The molecule has 1 rings (SSSR count). The summed E-state index contributed by atoms with van der Waals surface area (Å²) < 4.78 is 1.89. The number of benzene rings is 1. The first-order chi connectivity index (χ1) is 7.65. The number of amides is 1. The molecule has 0 saturated carbocycles. The van der Waals surface area contributed by atoms with Crippen LogP contribution in [0.2, 0.25) is 0 Å². The van der Waals surface area contributed by atoms with Gasteiger partial charge in [-0.1, -0.05) is 12.2 Å². The van der Waals surface area contributed by atoms with Crippen LogP contribution in [0.5, 0.6) is 0 Å². The molecule has 0 aromatic heterocycles. The van der Waals surface area contributed by atoms with Gasteiger partial charge in [0.2, 0.25) is 0 Å². The molecular weight excluding hydrogens is 381 g/mol. The maximum Gasteiger partial charge on any atom is 0.252 e. The van der Waals surface area contributed by atoms with E-state index in [-0.39, 0.29) is 5.91 Å². The third-order valence-electron chi connectivity index (χ3n) is 2.01. The predicted octanol–water partition coefficient (Wildman–Crippen LogP) is 3.75. The number of allylic oxidation sites excluding steroid dienone is 1. The highest BCUT2D eigenvalue weighted by atomic mass is 127. The van der Waals surface area contributed by atoms with E-state index in [4.69, 9.17) is 0 Å². The lowest BCUT2D eigenvalue weighted by atomic mass is 10.2. The Bertz CT molecular complexity index is 404. The van der Waals surface area contributed by atoms with E-state index in [9.17, 15) is 4.79 Å². The van der Waals surface area contributed by atoms with Crippen LogP contribution in [0.1, 0.15) is 23.7 Å². The molecule has 1 aromatic rings. The molecule has 0 bridgehead atoms. The highest BCUT2D eigenvalue weighted by Gasteiger charge is 2.09. The van der Waals surface area contributed by atoms with Crippen LogP contribution in [0.3, 0.4) is 0 Å². The van der Waals surface area contributed by atoms with E-state index in [2.05, 4.69) is 43.8 Å². The fourth-order valence-electron chi connectivity index (χ4n) is 1.20. The first kappa shape index (κ1) is 13.7. The minimum Gasteiger partial charge on any atom is -0.352 e. The number of carbonyl (C=O) groups excluding carboxylic acids is 1. The van der Waals surface area contributed by atoms with Gasteiger partial charge in [0.05, 0.1) is 5.56 Å². The van der Waals surface area contributed by atoms with Crippen LogP contribution < -0.4 is 5.32 Å². The van der Waals surface area contributed by atoms with Crippen LogP contribution in [0.25, 0.3) is 0 Å². The highest BCUT2D eigenvalue weighted by molar-refractivity contribution is 14.1. The zero-order valence-corrected chi connectivity index (χ0v) is 12.7. The van der Waals surface area contributed by atoms with E-state index in [1.54, 1.807) is 0 Å². The first-order valence-corrected chi connectivity index (χ1v) is 6.86. The molecule has 0 saturated heterocycles. The monoisotopic (exact) mass is 393 g/mol. The third-order valence-corrected chi connectivity index (χ3v) is 3.37. The zero-order chi connectivity index (χ0) is 12.0. The van der Waals surface area contributed by atoms with Gasteiger partial charge in [0.15, 0.2) is 0 Å². The molecule has 0 atom stereocenters. The average Bonchev–Trinajstić information content (AvgIpc) is 2.27. The van der Waals surface area contributed by atoms with Crippen molar-refractivity contribution in [2.45, 2.75) is 13.3 Å². The number of nitrogens with one attached hydrogen (secondary N) is 1. The summed E-state index contributed by atoms with van der Waals surface area (Å²) >= 11 is 5.57. The lowest BCUT2D eigenvalue weighted by Crippen LogP contribution is -2.24. The van der Waals surface area contributed by atoms with Crippen molar-refractivity contribution >= 4 is 44.4 Å². The first-order valence-electron chi connectivity index (χ1n) is 4.99. The Balaban J connectivity index is 2.62. The van der Waals surface area contributed by atoms with Gasteiger partial charge in [0.1, 0.15) is 0 Å². The van der Waals surface area contributed by atoms with Crippen LogP contribution >= 0.6 is 38.5 Å². The molecule has 0 heterocycles. The Morgan fingerprint density at radius 2 is 2.31 bits per heavy atom. The zero-order valence-electron chi connectivity index (χ0n) is 8.97. The maximum absolute atomic E-state index is 11.8. The summed E-state index contributed by atoms with van der Waals surface area (Å²) in [6.45, 7) is 2.64. The maximum atomic E-state index is 11.8. The summed E-state index contributed by atoms with van der Waals surface area (Å²) in [5.74, 6) is -0.0325. The Labute approximate surface area is 118 Å². The highest BCUT2D eigenvalue weighted by Crippen LogP contribution is 2.19. The molecule has 0 fully saturated rings. The van der Waals surface area contributed by atoms with E-state index in [0.29, 0.717) is 12.1 Å². The molecule has 0 aliphatic heterocycles. The summed E-state index contributed by atoms with van der Waals surface area (Å²) in [7, 11) is 0. The molecule has 0 radical (unpaired) electrons. The molecular formula is C12H13BrINO. The van der Waals surface area contributed by atoms with Gasteiger partial charge >= 0.3 is 0 Å². The van der Waals surface area contributed by atoms with Crippen LogP contribution in [0, 0.1) is 3.57 Å². The predicted molar refractivity (Wildman–Crippen MR) is 78.6 cm³/mol. The van der Waals surface area contributed by atoms with Crippen molar-refractivity contribution in [1.82, 2.24) is 5.32 Å². The number of hydrogen-bond donors (Lipinski definition) is 1. The van der Waals surface area contributed by atoms with E-state index >= 15 is 0 Å². The number of rotatable bonds is 4. The van der Waals surface area contributed by atoms with Gasteiger partial charge in [0.25, 0.3) is 5.91 Å². The van der Waals surface area contributed by atoms with Crippen LogP contribution in [-0.2, 0) is 0 Å². The molecule has 0 aliphatic carbocycles. The van der Waals surface area contributed by atoms with E-state index in [1.807, 2.05) is 37.3 Å². The van der Waals surface area contributed by atoms with Gasteiger partial charge in [-0.05, 0) is 70.1 Å². The second-order valence-electron chi connectivity index (χ2n) is 3.24. The lowest BCUT2D eigenvalue weighted by molar-refractivity contribution is 0.0953. The van der Waals surface area contributed by atoms with E-state index in [0.717, 1.165) is 14.5 Å². The van der Waals surface area contributed by atoms with Crippen molar-refractivity contribution in [1.29, 1.82) is 0 Å². The van der Waals surface area contributed by atoms with Crippen molar-refractivity contribution in [2.75, 3.05) is 6.54 Å². The van der Waals surface area contributed by atoms with Gasteiger partial charge in [0, 0.05) is 14.6 Å². The lowest BCUT2D eigenvalue weighted by Gasteiger charge is -2.06. The van der Waals surface area contributed by atoms with Gasteiger partial charge in [-0.3, -0.25) is 4.79 Å². The number of carbonyl (C=O) groups is 1. The Kier molecular flexibility index (Phi) is 6.05. The summed E-state index contributed by atoms with van der Waals surface area (Å²) in [4.78, 5) is 11.8. The van der Waals surface area contributed by atoms with E-state index < -0.39 is 0 Å². The van der Waals surface area contributed by atoms with Gasteiger partial charge in [-0.15, -0.1) is 0 Å². The summed E-state index contributed by atoms with van der Waals surface area (Å²) in [6, 6.07) is 5.72. The molecule has 0 aliphatic rings. The van der Waals surface area contributed by atoms with Crippen molar-refractivity contribution in [2.24, 2.45) is 0 Å². The molecule has 2 nitrogen and oxygen atoms in total. The smallest absolute Gasteiger partial charge is 0.252 e. The summed E-state index contributed by atoms with van der Waals surface area (Å²) in [6.07, 6.45) is 4.88. The van der Waals surface area contributed by atoms with Gasteiger partial charge < -0.3 is 5.32 Å².